The van der Waals surface area contributed by atoms with Crippen LogP contribution in [0, 0.1) is 12.8 Å². The topological polar surface area (TPSA) is 81.4 Å². The highest BCUT2D eigenvalue weighted by Crippen LogP contribution is 2.39. The van der Waals surface area contributed by atoms with Gasteiger partial charge in [0.15, 0.2) is 0 Å². The van der Waals surface area contributed by atoms with E-state index in [1.807, 2.05) is 31.2 Å². The van der Waals surface area contributed by atoms with Crippen LogP contribution in [0.5, 0.6) is 5.75 Å². The Morgan fingerprint density at radius 3 is 2.93 bits per heavy atom. The third-order valence-electron chi connectivity index (χ3n) is 4.82. The first kappa shape index (κ1) is 19.4. The zero-order valence-electron chi connectivity index (χ0n) is 15.8. The number of amides is 2. The number of ether oxygens (including phenoxy) is 1. The third-order valence-corrected chi connectivity index (χ3v) is 5.99. The van der Waals surface area contributed by atoms with E-state index in [4.69, 9.17) is 10.5 Å². The molecule has 0 aliphatic heterocycles. The van der Waals surface area contributed by atoms with Gasteiger partial charge in [-0.3, -0.25) is 9.59 Å². The quantitative estimate of drug-likeness (QED) is 0.704. The Kier molecular flexibility index (Phi) is 6.16. The Morgan fingerprint density at radius 2 is 2.19 bits per heavy atom. The number of thiophene rings is 1. The monoisotopic (exact) mass is 386 g/mol. The minimum Gasteiger partial charge on any atom is -0.494 e. The Hall–Kier alpha value is -2.34. The summed E-state index contributed by atoms with van der Waals surface area (Å²) < 4.78 is 5.68. The smallest absolute Gasteiger partial charge is 0.251 e. The van der Waals surface area contributed by atoms with E-state index in [9.17, 15) is 9.59 Å². The lowest BCUT2D eigenvalue weighted by Gasteiger charge is -2.18. The van der Waals surface area contributed by atoms with E-state index in [2.05, 4.69) is 12.2 Å². The SMILES string of the molecule is Cc1cccc(OCCCC(=O)Nc2sc3c(c2C(N)=O)CC[C@@H](C)C3)c1. The minimum absolute atomic E-state index is 0.114. The molecule has 0 bridgehead atoms. The molecule has 3 rings (SSSR count). The van der Waals surface area contributed by atoms with Gasteiger partial charge in [-0.15, -0.1) is 11.3 Å². The van der Waals surface area contributed by atoms with Crippen molar-refractivity contribution in [3.63, 3.8) is 0 Å². The van der Waals surface area contributed by atoms with Gasteiger partial charge in [0.2, 0.25) is 5.91 Å². The standard InChI is InChI=1S/C21H26N2O3S/c1-13-5-3-6-15(11-13)26-10-4-7-18(24)23-21-19(20(22)25)16-9-8-14(2)12-17(16)27-21/h3,5-6,11,14H,4,7-10,12H2,1-2H3,(H2,22,25)(H,23,24)/t14-/m1/s1. The summed E-state index contributed by atoms with van der Waals surface area (Å²) in [5.74, 6) is 0.836. The van der Waals surface area contributed by atoms with Gasteiger partial charge in [-0.05, 0) is 61.8 Å². The van der Waals surface area contributed by atoms with Gasteiger partial charge < -0.3 is 15.8 Å². The largest absolute Gasteiger partial charge is 0.494 e. The minimum atomic E-state index is -0.458. The van der Waals surface area contributed by atoms with Crippen molar-refractivity contribution in [3.05, 3.63) is 45.8 Å². The second-order valence-electron chi connectivity index (χ2n) is 7.24. The molecule has 0 saturated carbocycles. The summed E-state index contributed by atoms with van der Waals surface area (Å²) in [6.45, 7) is 4.69. The molecule has 0 unspecified atom stereocenters. The first-order valence-corrected chi connectivity index (χ1v) is 10.2. The average Bonchev–Trinajstić information content (AvgIpc) is 2.95. The molecule has 1 heterocycles. The molecule has 0 radical (unpaired) electrons. The number of fused-ring (bicyclic) bond motifs is 1. The van der Waals surface area contributed by atoms with Crippen LogP contribution in [0.1, 0.15) is 52.5 Å². The van der Waals surface area contributed by atoms with Gasteiger partial charge in [0.1, 0.15) is 10.8 Å². The number of nitrogens with one attached hydrogen (secondary N) is 1. The summed E-state index contributed by atoms with van der Waals surface area (Å²) in [5.41, 5.74) is 8.26. The van der Waals surface area contributed by atoms with Crippen LogP contribution in [0.3, 0.4) is 0 Å². The predicted molar refractivity (Wildman–Crippen MR) is 109 cm³/mol. The molecule has 6 heteroatoms. The van der Waals surface area contributed by atoms with Gasteiger partial charge in [0.25, 0.3) is 5.91 Å². The maximum atomic E-state index is 12.3. The third kappa shape index (κ3) is 4.89. The number of anilines is 1. The molecule has 5 nitrogen and oxygen atoms in total. The van der Waals surface area contributed by atoms with E-state index in [0.29, 0.717) is 35.9 Å². The number of benzene rings is 1. The molecule has 1 aromatic heterocycles. The molecule has 0 spiro atoms. The Morgan fingerprint density at radius 1 is 1.37 bits per heavy atom. The number of hydrogen-bond acceptors (Lipinski definition) is 4. The maximum absolute atomic E-state index is 12.3. The van der Waals surface area contributed by atoms with Gasteiger partial charge in [-0.25, -0.2) is 0 Å². The number of carbonyl (C=O) groups excluding carboxylic acids is 2. The van der Waals surface area contributed by atoms with Crippen LogP contribution in [0.2, 0.25) is 0 Å². The van der Waals surface area contributed by atoms with Gasteiger partial charge >= 0.3 is 0 Å². The number of rotatable bonds is 7. The molecule has 0 saturated heterocycles. The highest BCUT2D eigenvalue weighted by atomic mass is 32.1. The van der Waals surface area contributed by atoms with Crippen molar-refractivity contribution in [1.29, 1.82) is 0 Å². The van der Waals surface area contributed by atoms with Crippen molar-refractivity contribution >= 4 is 28.2 Å². The van der Waals surface area contributed by atoms with Crippen molar-refractivity contribution in [2.24, 2.45) is 11.7 Å². The number of nitrogens with two attached hydrogens (primary N) is 1. The van der Waals surface area contributed by atoms with Crippen LogP contribution in [-0.4, -0.2) is 18.4 Å². The van der Waals surface area contributed by atoms with Crippen molar-refractivity contribution in [3.8, 4) is 5.75 Å². The highest BCUT2D eigenvalue weighted by molar-refractivity contribution is 7.17. The fourth-order valence-corrected chi connectivity index (χ4v) is 4.85. The van der Waals surface area contributed by atoms with Crippen LogP contribution in [-0.2, 0) is 17.6 Å². The second-order valence-corrected chi connectivity index (χ2v) is 8.34. The second kappa shape index (κ2) is 8.57. The molecular weight excluding hydrogens is 360 g/mol. The zero-order valence-corrected chi connectivity index (χ0v) is 16.7. The van der Waals surface area contributed by atoms with Crippen molar-refractivity contribution in [2.45, 2.75) is 46.0 Å². The van der Waals surface area contributed by atoms with Gasteiger partial charge in [0, 0.05) is 11.3 Å². The number of hydrogen-bond donors (Lipinski definition) is 2. The van der Waals surface area contributed by atoms with Gasteiger partial charge in [-0.1, -0.05) is 19.1 Å². The van der Waals surface area contributed by atoms with Gasteiger partial charge in [-0.2, -0.15) is 0 Å². The molecule has 1 atom stereocenters. The van der Waals surface area contributed by atoms with Crippen LogP contribution in [0.4, 0.5) is 5.00 Å². The van der Waals surface area contributed by atoms with Crippen molar-refractivity contribution in [2.75, 3.05) is 11.9 Å². The molecular formula is C21H26N2O3S. The lowest BCUT2D eigenvalue weighted by atomic mass is 9.88. The predicted octanol–water partition coefficient (Wildman–Crippen LogP) is 4.08. The van der Waals surface area contributed by atoms with Gasteiger partial charge in [0.05, 0.1) is 12.2 Å². The normalized spacial score (nSPS) is 15.9. The summed E-state index contributed by atoms with van der Waals surface area (Å²) in [4.78, 5) is 25.4. The van der Waals surface area contributed by atoms with E-state index in [1.54, 1.807) is 0 Å². The van der Waals surface area contributed by atoms with Crippen molar-refractivity contribution in [1.82, 2.24) is 0 Å². The Balaban J connectivity index is 1.55. The van der Waals surface area contributed by atoms with Crippen LogP contribution in [0.25, 0.3) is 0 Å². The Labute approximate surface area is 163 Å². The number of aryl methyl sites for hydroxylation is 1. The summed E-state index contributed by atoms with van der Waals surface area (Å²) in [5, 5.41) is 3.50. The maximum Gasteiger partial charge on any atom is 0.251 e. The number of primary amides is 1. The summed E-state index contributed by atoms with van der Waals surface area (Å²) >= 11 is 1.50. The average molecular weight is 387 g/mol. The van der Waals surface area contributed by atoms with Crippen LogP contribution >= 0.6 is 11.3 Å². The summed E-state index contributed by atoms with van der Waals surface area (Å²) in [6, 6.07) is 7.83. The number of carbonyl (C=O) groups is 2. The van der Waals surface area contributed by atoms with Crippen molar-refractivity contribution < 1.29 is 14.3 Å². The van der Waals surface area contributed by atoms with E-state index in [1.165, 1.54) is 16.2 Å². The van der Waals surface area contributed by atoms with E-state index < -0.39 is 5.91 Å². The molecule has 1 aliphatic carbocycles. The van der Waals surface area contributed by atoms with E-state index in [-0.39, 0.29) is 5.91 Å². The summed E-state index contributed by atoms with van der Waals surface area (Å²) in [6.07, 6.45) is 3.79. The van der Waals surface area contributed by atoms with Crippen LogP contribution in [0.15, 0.2) is 24.3 Å². The molecule has 27 heavy (non-hydrogen) atoms. The lowest BCUT2D eigenvalue weighted by molar-refractivity contribution is -0.116. The van der Waals surface area contributed by atoms with E-state index >= 15 is 0 Å². The highest BCUT2D eigenvalue weighted by Gasteiger charge is 2.27. The van der Waals surface area contributed by atoms with E-state index in [0.717, 1.165) is 36.1 Å². The first-order chi connectivity index (χ1) is 12.9. The lowest BCUT2D eigenvalue weighted by Crippen LogP contribution is -2.19. The molecule has 144 valence electrons. The molecule has 1 aromatic carbocycles. The molecule has 1 aliphatic rings. The zero-order chi connectivity index (χ0) is 19.4. The summed E-state index contributed by atoms with van der Waals surface area (Å²) in [7, 11) is 0. The van der Waals surface area contributed by atoms with Crippen LogP contribution < -0.4 is 15.8 Å². The molecule has 2 amide bonds. The Bertz CT molecular complexity index is 844. The fourth-order valence-electron chi connectivity index (χ4n) is 3.42. The molecule has 3 N–H and O–H groups in total. The molecule has 2 aromatic rings. The first-order valence-electron chi connectivity index (χ1n) is 9.37. The molecule has 0 fully saturated rings. The fraction of sp³-hybridized carbons (Fsp3) is 0.429.